The van der Waals surface area contributed by atoms with Gasteiger partial charge in [-0.1, -0.05) is 0 Å². The van der Waals surface area contributed by atoms with Crippen LogP contribution in [0.2, 0.25) is 0 Å². The molecule has 49 heavy (non-hydrogen) atoms. The molecule has 4 fully saturated rings. The van der Waals surface area contributed by atoms with Gasteiger partial charge in [0.1, 0.15) is 0 Å². The SMILES string of the molecule is CC1=CC(C)[C](/[Zr+2](=[CH]/Cc2ccccc2)[CH]2c3cc(C(C)(C)C)ccc3-c3ccc(C(C)(C)C)cc32)=C1C12CC3CC(CC(C3)C1)C2.[Cl-].[Cl-]. The molecule has 1 unspecified atom stereocenters. The summed E-state index contributed by atoms with van der Waals surface area (Å²) in [6.45, 7) is 19.5. The second-order valence-electron chi connectivity index (χ2n) is 18.5. The molecule has 3 aromatic carbocycles. The second kappa shape index (κ2) is 13.5. The van der Waals surface area contributed by atoms with Crippen molar-refractivity contribution < 1.29 is 46.1 Å². The molecular formula is C46H56Cl2Zr. The number of hydrogen-bond acceptors (Lipinski definition) is 0. The van der Waals surface area contributed by atoms with Crippen molar-refractivity contribution >= 4 is 3.71 Å². The molecule has 0 N–H and O–H groups in total. The minimum Gasteiger partial charge on any atom is -1.00 e. The average Bonchev–Trinajstić information content (AvgIpc) is 3.49. The van der Waals surface area contributed by atoms with E-state index in [-0.39, 0.29) is 35.6 Å². The van der Waals surface area contributed by atoms with Crippen LogP contribution in [0.15, 0.2) is 87.2 Å². The smallest absolute Gasteiger partial charge is 1.00 e. The van der Waals surface area contributed by atoms with E-state index in [4.69, 9.17) is 0 Å². The van der Waals surface area contributed by atoms with E-state index in [2.05, 4.69) is 132 Å². The zero-order valence-corrected chi connectivity index (χ0v) is 35.1. The van der Waals surface area contributed by atoms with E-state index in [1.165, 1.54) is 66.3 Å². The largest absolute Gasteiger partial charge is 1.00 e. The number of hydrogen-bond donors (Lipinski definition) is 0. The molecule has 6 aliphatic carbocycles. The molecule has 4 saturated carbocycles. The molecule has 0 heterocycles. The maximum Gasteiger partial charge on any atom is -1.00 e. The van der Waals surface area contributed by atoms with Crippen molar-refractivity contribution in [3.05, 3.63) is 115 Å². The van der Waals surface area contributed by atoms with Gasteiger partial charge in [-0.25, -0.2) is 0 Å². The minimum atomic E-state index is -2.57. The van der Waals surface area contributed by atoms with Crippen molar-refractivity contribution in [2.75, 3.05) is 0 Å². The molecule has 3 aromatic rings. The van der Waals surface area contributed by atoms with Crippen LogP contribution in [0, 0.1) is 29.1 Å². The van der Waals surface area contributed by atoms with Gasteiger partial charge in [0, 0.05) is 0 Å². The normalized spacial score (nSPS) is 27.1. The second-order valence-corrected chi connectivity index (χ2v) is 24.5. The Morgan fingerprint density at radius 3 is 1.67 bits per heavy atom. The van der Waals surface area contributed by atoms with Crippen LogP contribution in [0.4, 0.5) is 0 Å². The van der Waals surface area contributed by atoms with Gasteiger partial charge in [-0.3, -0.25) is 0 Å². The molecule has 0 saturated heterocycles. The first-order valence-electron chi connectivity index (χ1n) is 18.8. The van der Waals surface area contributed by atoms with Crippen LogP contribution >= 0.6 is 0 Å². The standard InChI is InChI=1S/C21H25.C17H23.C8H8.2ClH.Zr/c1-20(2,3)16-7-9-18-14(12-16)11-15-13-17(21(4,5)6)8-10-19(15)18;1-11-3-12(2)16(4-11)17-8-13-5-14(9-17)7-15(6-13)10-17;1-2-8-6-4-3-5-7-8;;;/h7-13H,1-6H3;3,11,13-15H,5-10H2,1-2H3;1,3-7H,2H2;2*1H;/q;;;;;+2/p-2. The Kier molecular flexibility index (Phi) is 10.2. The van der Waals surface area contributed by atoms with E-state index in [9.17, 15) is 0 Å². The van der Waals surface area contributed by atoms with E-state index < -0.39 is 21.3 Å². The summed E-state index contributed by atoms with van der Waals surface area (Å²) in [7, 11) is 0. The first-order valence-corrected chi connectivity index (χ1v) is 22.8. The number of fused-ring (bicyclic) bond motifs is 3. The number of rotatable bonds is 5. The Hall–Kier alpha value is -1.53. The number of allylic oxidation sites excluding steroid dienone is 4. The monoisotopic (exact) mass is 768 g/mol. The third kappa shape index (κ3) is 6.55. The molecule has 258 valence electrons. The van der Waals surface area contributed by atoms with Crippen LogP contribution in [-0.2, 0) is 38.5 Å². The predicted octanol–water partition coefficient (Wildman–Crippen LogP) is 6.09. The Bertz CT molecular complexity index is 1730. The first kappa shape index (κ1) is 37.2. The van der Waals surface area contributed by atoms with Gasteiger partial charge in [-0.15, -0.1) is 0 Å². The topological polar surface area (TPSA) is 0 Å². The van der Waals surface area contributed by atoms with Crippen LogP contribution in [0.25, 0.3) is 11.1 Å². The summed E-state index contributed by atoms with van der Waals surface area (Å²) in [5, 5.41) is 0. The quantitative estimate of drug-likeness (QED) is 0.295. The van der Waals surface area contributed by atoms with Gasteiger partial charge in [0.25, 0.3) is 0 Å². The molecule has 0 spiro atoms. The predicted molar refractivity (Wildman–Crippen MR) is 198 cm³/mol. The van der Waals surface area contributed by atoms with E-state index in [0.29, 0.717) is 15.0 Å². The molecule has 0 aromatic heterocycles. The van der Waals surface area contributed by atoms with Gasteiger partial charge in [-0.05, 0) is 0 Å². The zero-order chi connectivity index (χ0) is 32.9. The van der Waals surface area contributed by atoms with E-state index in [1.54, 1.807) is 16.7 Å². The van der Waals surface area contributed by atoms with Crippen molar-refractivity contribution in [2.45, 2.75) is 115 Å². The van der Waals surface area contributed by atoms with Crippen molar-refractivity contribution in [2.24, 2.45) is 29.1 Å². The number of benzene rings is 3. The van der Waals surface area contributed by atoms with Gasteiger partial charge in [0.05, 0.1) is 0 Å². The molecule has 3 heteroatoms. The van der Waals surface area contributed by atoms with Gasteiger partial charge in [0.2, 0.25) is 0 Å². The summed E-state index contributed by atoms with van der Waals surface area (Å²) < 4.78 is 5.46. The maximum absolute atomic E-state index is 2.97. The maximum atomic E-state index is 2.97. The fraction of sp³-hybridized carbons (Fsp3) is 0.500. The van der Waals surface area contributed by atoms with E-state index in [1.807, 2.05) is 8.85 Å². The molecule has 0 aliphatic heterocycles. The van der Waals surface area contributed by atoms with Crippen LogP contribution in [-0.4, -0.2) is 3.71 Å². The van der Waals surface area contributed by atoms with Gasteiger partial charge in [0.15, 0.2) is 0 Å². The Morgan fingerprint density at radius 2 is 1.20 bits per heavy atom. The first-order chi connectivity index (χ1) is 22.3. The summed E-state index contributed by atoms with van der Waals surface area (Å²) in [5.74, 6) is 3.46. The van der Waals surface area contributed by atoms with Crippen molar-refractivity contribution in [1.82, 2.24) is 0 Å². The molecule has 6 aliphatic rings. The van der Waals surface area contributed by atoms with E-state index in [0.717, 1.165) is 24.2 Å². The fourth-order valence-corrected chi connectivity index (χ4v) is 20.4. The summed E-state index contributed by atoms with van der Waals surface area (Å²) >= 11 is -2.57. The van der Waals surface area contributed by atoms with Crippen LogP contribution in [0.1, 0.15) is 125 Å². The van der Waals surface area contributed by atoms with Crippen molar-refractivity contribution in [3.8, 4) is 11.1 Å². The summed E-state index contributed by atoms with van der Waals surface area (Å²) in [6.07, 6.45) is 12.7. The molecule has 9 rings (SSSR count). The molecule has 0 amide bonds. The van der Waals surface area contributed by atoms with Gasteiger partial charge >= 0.3 is 295 Å². The Labute approximate surface area is 317 Å². The molecule has 0 radical (unpaired) electrons. The zero-order valence-electron chi connectivity index (χ0n) is 31.1. The third-order valence-electron chi connectivity index (χ3n) is 13.0. The van der Waals surface area contributed by atoms with Gasteiger partial charge < -0.3 is 24.8 Å². The van der Waals surface area contributed by atoms with Crippen molar-refractivity contribution in [3.63, 3.8) is 0 Å². The molecule has 1 atom stereocenters. The van der Waals surface area contributed by atoms with Crippen LogP contribution in [0.3, 0.4) is 0 Å². The third-order valence-corrected chi connectivity index (χ3v) is 20.9. The Balaban J connectivity index is 0.00000208. The van der Waals surface area contributed by atoms with Crippen LogP contribution in [0.5, 0.6) is 0 Å². The molecular weight excluding hydrogens is 715 g/mol. The number of halogens is 2. The van der Waals surface area contributed by atoms with E-state index >= 15 is 0 Å². The molecule has 4 bridgehead atoms. The summed E-state index contributed by atoms with van der Waals surface area (Å²) in [6, 6.07) is 26.6. The van der Waals surface area contributed by atoms with Crippen molar-refractivity contribution in [1.29, 1.82) is 0 Å². The van der Waals surface area contributed by atoms with Crippen LogP contribution < -0.4 is 24.8 Å². The Morgan fingerprint density at radius 1 is 0.714 bits per heavy atom. The average molecular weight is 771 g/mol. The van der Waals surface area contributed by atoms with Gasteiger partial charge in [-0.2, -0.15) is 0 Å². The summed E-state index contributed by atoms with van der Waals surface area (Å²) in [4.78, 5) is 0. The minimum absolute atomic E-state index is 0. The molecule has 0 nitrogen and oxygen atoms in total. The fourth-order valence-electron chi connectivity index (χ4n) is 11.3. The summed E-state index contributed by atoms with van der Waals surface area (Å²) in [5.41, 5.74) is 15.0.